The molecule has 1 aromatic rings. The molecular weight excluding hydrogens is 221 g/mol. The lowest BCUT2D eigenvalue weighted by atomic mass is 10.3. The van der Waals surface area contributed by atoms with Crippen molar-refractivity contribution >= 4 is 23.2 Å². The summed E-state index contributed by atoms with van der Waals surface area (Å²) < 4.78 is 18.0. The van der Waals surface area contributed by atoms with Gasteiger partial charge in [-0.2, -0.15) is 0 Å². The third-order valence-electron chi connectivity index (χ3n) is 1.91. The first-order chi connectivity index (χ1) is 7.04. The van der Waals surface area contributed by atoms with Gasteiger partial charge in [0.15, 0.2) is 0 Å². The minimum atomic E-state index is -0.625. The quantitative estimate of drug-likeness (QED) is 0.868. The summed E-state index contributed by atoms with van der Waals surface area (Å²) in [6.07, 6.45) is -0.625. The molecule has 1 rings (SSSR count). The zero-order valence-corrected chi connectivity index (χ0v) is 9.14. The molecule has 82 valence electrons. The minimum absolute atomic E-state index is 0.0910. The van der Waals surface area contributed by atoms with Crippen LogP contribution in [-0.4, -0.2) is 19.1 Å². The van der Waals surface area contributed by atoms with Gasteiger partial charge in [0.1, 0.15) is 11.9 Å². The van der Waals surface area contributed by atoms with Gasteiger partial charge >= 0.3 is 0 Å². The molecule has 15 heavy (non-hydrogen) atoms. The molecule has 3 nitrogen and oxygen atoms in total. The molecule has 0 aromatic heterocycles. The molecule has 0 aliphatic carbocycles. The summed E-state index contributed by atoms with van der Waals surface area (Å²) in [6, 6.07) is 4.03. The first-order valence-corrected chi connectivity index (χ1v) is 4.71. The SMILES string of the molecule is COC(C)C(=O)Nc1ccc(Cl)cc1F. The molecule has 1 aromatic carbocycles. The summed E-state index contributed by atoms with van der Waals surface area (Å²) in [4.78, 5) is 11.3. The summed E-state index contributed by atoms with van der Waals surface area (Å²) >= 11 is 5.57. The number of ether oxygens (including phenoxy) is 1. The van der Waals surface area contributed by atoms with Crippen molar-refractivity contribution < 1.29 is 13.9 Å². The van der Waals surface area contributed by atoms with E-state index >= 15 is 0 Å². The van der Waals surface area contributed by atoms with Crippen molar-refractivity contribution in [3.05, 3.63) is 29.0 Å². The Morgan fingerprint density at radius 3 is 2.80 bits per heavy atom. The van der Waals surface area contributed by atoms with E-state index in [-0.39, 0.29) is 10.7 Å². The fourth-order valence-electron chi connectivity index (χ4n) is 0.932. The second-order valence-corrected chi connectivity index (χ2v) is 3.43. The second-order valence-electron chi connectivity index (χ2n) is 2.99. The highest BCUT2D eigenvalue weighted by atomic mass is 35.5. The first kappa shape index (κ1) is 11.9. The van der Waals surface area contributed by atoms with E-state index in [0.717, 1.165) is 6.07 Å². The van der Waals surface area contributed by atoms with E-state index in [4.69, 9.17) is 16.3 Å². The predicted octanol–water partition coefficient (Wildman–Crippen LogP) is 2.45. The molecule has 0 radical (unpaired) electrons. The number of nitrogens with one attached hydrogen (secondary N) is 1. The lowest BCUT2D eigenvalue weighted by Crippen LogP contribution is -2.26. The van der Waals surface area contributed by atoms with Gasteiger partial charge in [-0.15, -0.1) is 0 Å². The van der Waals surface area contributed by atoms with Gasteiger partial charge in [0.2, 0.25) is 0 Å². The van der Waals surface area contributed by atoms with Crippen LogP contribution in [0.25, 0.3) is 0 Å². The number of benzene rings is 1. The highest BCUT2D eigenvalue weighted by molar-refractivity contribution is 6.30. The van der Waals surface area contributed by atoms with Crippen LogP contribution < -0.4 is 5.32 Å². The van der Waals surface area contributed by atoms with E-state index in [2.05, 4.69) is 5.32 Å². The number of rotatable bonds is 3. The van der Waals surface area contributed by atoms with Crippen molar-refractivity contribution in [1.82, 2.24) is 0 Å². The third kappa shape index (κ3) is 3.18. The maximum atomic E-state index is 13.2. The molecule has 0 bridgehead atoms. The number of methoxy groups -OCH3 is 1. The van der Waals surface area contributed by atoms with Crippen molar-refractivity contribution in [2.75, 3.05) is 12.4 Å². The van der Waals surface area contributed by atoms with Crippen LogP contribution in [-0.2, 0) is 9.53 Å². The van der Waals surface area contributed by atoms with Gasteiger partial charge in [0, 0.05) is 12.1 Å². The highest BCUT2D eigenvalue weighted by Crippen LogP contribution is 2.18. The van der Waals surface area contributed by atoms with Gasteiger partial charge < -0.3 is 10.1 Å². The first-order valence-electron chi connectivity index (χ1n) is 4.33. The van der Waals surface area contributed by atoms with E-state index in [1.165, 1.54) is 19.2 Å². The molecule has 0 aliphatic heterocycles. The molecular formula is C10H11ClFNO2. The number of hydrogen-bond donors (Lipinski definition) is 1. The molecule has 0 aliphatic rings. The zero-order chi connectivity index (χ0) is 11.4. The topological polar surface area (TPSA) is 38.3 Å². The Kier molecular flexibility index (Phi) is 4.05. The van der Waals surface area contributed by atoms with Gasteiger partial charge in [0.25, 0.3) is 5.91 Å². The molecule has 0 saturated heterocycles. The molecule has 5 heteroatoms. The fourth-order valence-corrected chi connectivity index (χ4v) is 1.09. The van der Waals surface area contributed by atoms with E-state index in [1.807, 2.05) is 0 Å². The zero-order valence-electron chi connectivity index (χ0n) is 8.38. The Labute approximate surface area is 92.2 Å². The molecule has 0 heterocycles. The van der Waals surface area contributed by atoms with Gasteiger partial charge in [-0.25, -0.2) is 4.39 Å². The van der Waals surface area contributed by atoms with Gasteiger partial charge in [-0.1, -0.05) is 11.6 Å². The average Bonchev–Trinajstić information content (AvgIpc) is 2.20. The van der Waals surface area contributed by atoms with Crippen LogP contribution in [0.5, 0.6) is 0 Å². The van der Waals surface area contributed by atoms with Gasteiger partial charge in [-0.05, 0) is 25.1 Å². The average molecular weight is 232 g/mol. The summed E-state index contributed by atoms with van der Waals surface area (Å²) in [6.45, 7) is 1.57. The van der Waals surface area contributed by atoms with Crippen LogP contribution in [0.2, 0.25) is 5.02 Å². The van der Waals surface area contributed by atoms with Crippen molar-refractivity contribution in [1.29, 1.82) is 0 Å². The predicted molar refractivity (Wildman–Crippen MR) is 56.5 cm³/mol. The van der Waals surface area contributed by atoms with E-state index in [9.17, 15) is 9.18 Å². The Morgan fingerprint density at radius 1 is 1.60 bits per heavy atom. The standard InChI is InChI=1S/C10H11ClFNO2/c1-6(15-2)10(14)13-9-4-3-7(11)5-8(9)12/h3-6H,1-2H3,(H,13,14). The highest BCUT2D eigenvalue weighted by Gasteiger charge is 2.13. The van der Waals surface area contributed by atoms with Crippen LogP contribution in [0.15, 0.2) is 18.2 Å². The van der Waals surface area contributed by atoms with Crippen LogP contribution in [0.1, 0.15) is 6.92 Å². The number of halogens is 2. The van der Waals surface area contributed by atoms with Crippen molar-refractivity contribution in [3.63, 3.8) is 0 Å². The molecule has 1 unspecified atom stereocenters. The smallest absolute Gasteiger partial charge is 0.253 e. The van der Waals surface area contributed by atoms with Crippen molar-refractivity contribution in [2.45, 2.75) is 13.0 Å². The van der Waals surface area contributed by atoms with Crippen LogP contribution in [0, 0.1) is 5.82 Å². The van der Waals surface area contributed by atoms with Gasteiger partial charge in [-0.3, -0.25) is 4.79 Å². The largest absolute Gasteiger partial charge is 0.372 e. The Bertz CT molecular complexity index is 370. The van der Waals surface area contributed by atoms with Crippen LogP contribution in [0.3, 0.4) is 0 Å². The molecule has 1 amide bonds. The lowest BCUT2D eigenvalue weighted by molar-refractivity contribution is -0.124. The normalized spacial score (nSPS) is 12.3. The molecule has 1 atom stereocenters. The minimum Gasteiger partial charge on any atom is -0.372 e. The molecule has 0 spiro atoms. The third-order valence-corrected chi connectivity index (χ3v) is 2.15. The Morgan fingerprint density at radius 2 is 2.27 bits per heavy atom. The maximum Gasteiger partial charge on any atom is 0.253 e. The number of amides is 1. The number of carbonyl (C=O) groups excluding carboxylic acids is 1. The Balaban J connectivity index is 2.77. The van der Waals surface area contributed by atoms with Crippen molar-refractivity contribution in [3.8, 4) is 0 Å². The second kappa shape index (κ2) is 5.09. The molecule has 0 fully saturated rings. The molecule has 1 N–H and O–H groups in total. The number of carbonyl (C=O) groups is 1. The fraction of sp³-hybridized carbons (Fsp3) is 0.300. The monoisotopic (exact) mass is 231 g/mol. The maximum absolute atomic E-state index is 13.2. The summed E-state index contributed by atoms with van der Waals surface area (Å²) in [7, 11) is 1.41. The summed E-state index contributed by atoms with van der Waals surface area (Å²) in [5, 5.41) is 2.67. The lowest BCUT2D eigenvalue weighted by Gasteiger charge is -2.10. The van der Waals surface area contributed by atoms with E-state index in [0.29, 0.717) is 0 Å². The number of hydrogen-bond acceptors (Lipinski definition) is 2. The van der Waals surface area contributed by atoms with Crippen molar-refractivity contribution in [2.24, 2.45) is 0 Å². The molecule has 0 saturated carbocycles. The summed E-state index contributed by atoms with van der Waals surface area (Å²) in [5.41, 5.74) is 0.0910. The summed E-state index contributed by atoms with van der Waals surface area (Å²) in [5.74, 6) is -0.974. The van der Waals surface area contributed by atoms with Gasteiger partial charge in [0.05, 0.1) is 5.69 Å². The van der Waals surface area contributed by atoms with E-state index in [1.54, 1.807) is 6.92 Å². The van der Waals surface area contributed by atoms with E-state index < -0.39 is 17.8 Å². The van der Waals surface area contributed by atoms with Crippen LogP contribution in [0.4, 0.5) is 10.1 Å². The van der Waals surface area contributed by atoms with Crippen LogP contribution >= 0.6 is 11.6 Å². The number of anilines is 1. The Hall–Kier alpha value is -1.13.